The van der Waals surface area contributed by atoms with E-state index in [4.69, 9.17) is 0 Å². The van der Waals surface area contributed by atoms with E-state index < -0.39 is 22.6 Å². The minimum absolute atomic E-state index is 0.000869. The predicted molar refractivity (Wildman–Crippen MR) is 63.0 cm³/mol. The predicted octanol–water partition coefficient (Wildman–Crippen LogP) is 1.87. The van der Waals surface area contributed by atoms with E-state index in [2.05, 4.69) is 5.10 Å². The molecule has 5 nitrogen and oxygen atoms in total. The Kier molecular flexibility index (Phi) is 4.97. The van der Waals surface area contributed by atoms with Gasteiger partial charge in [0, 0.05) is 33.3 Å². The number of hydrogen-bond acceptors (Lipinski definition) is 3. The summed E-state index contributed by atoms with van der Waals surface area (Å²) in [6.07, 6.45) is -2.18. The zero-order valence-electron chi connectivity index (χ0n) is 10.7. The first-order valence-corrected chi connectivity index (χ1v) is 7.08. The first-order chi connectivity index (χ1) is 8.63. The summed E-state index contributed by atoms with van der Waals surface area (Å²) >= 11 is 0. The van der Waals surface area contributed by atoms with Crippen LogP contribution in [-0.2, 0) is 16.6 Å². The van der Waals surface area contributed by atoms with Gasteiger partial charge in [-0.25, -0.2) is 12.7 Å². The second-order valence-electron chi connectivity index (χ2n) is 4.30. The van der Waals surface area contributed by atoms with Gasteiger partial charge in [-0.05, 0) is 12.8 Å². The molecule has 0 bridgehead atoms. The molecule has 0 aromatic carbocycles. The molecule has 9 heteroatoms. The summed E-state index contributed by atoms with van der Waals surface area (Å²) in [6, 6.07) is 0. The van der Waals surface area contributed by atoms with Crippen LogP contribution in [0.1, 0.15) is 19.3 Å². The maximum absolute atomic E-state index is 11.9. The molecule has 0 amide bonds. The second-order valence-corrected chi connectivity index (χ2v) is 6.45. The molecule has 0 radical (unpaired) electrons. The average Bonchev–Trinajstić information content (AvgIpc) is 2.72. The average molecular weight is 299 g/mol. The normalized spacial score (nSPS) is 13.2. The van der Waals surface area contributed by atoms with Crippen LogP contribution in [0, 0.1) is 0 Å². The van der Waals surface area contributed by atoms with Crippen LogP contribution in [0.3, 0.4) is 0 Å². The molecule has 1 rings (SSSR count). The summed E-state index contributed by atoms with van der Waals surface area (Å²) in [5.41, 5.74) is 0. The number of rotatable bonds is 6. The van der Waals surface area contributed by atoms with Crippen molar-refractivity contribution in [2.24, 2.45) is 0 Å². The standard InChI is InChI=1S/C10H16F3N3O2S/c1-15(2)19(17,18)9-7-14-16(8-9)6-4-3-5-10(11,12)13/h7-8H,3-6H2,1-2H3. The molecular weight excluding hydrogens is 283 g/mol. The fraction of sp³-hybridized carbons (Fsp3) is 0.700. The molecule has 1 heterocycles. The molecular formula is C10H16F3N3O2S. The summed E-state index contributed by atoms with van der Waals surface area (Å²) in [7, 11) is -0.742. The van der Waals surface area contributed by atoms with Crippen molar-refractivity contribution in [3.05, 3.63) is 12.4 Å². The number of halogens is 3. The molecule has 1 aromatic heterocycles. The zero-order valence-corrected chi connectivity index (χ0v) is 11.5. The first kappa shape index (κ1) is 16.0. The number of nitrogens with zero attached hydrogens (tertiary/aromatic N) is 3. The molecule has 0 aliphatic heterocycles. The van der Waals surface area contributed by atoms with Gasteiger partial charge < -0.3 is 0 Å². The van der Waals surface area contributed by atoms with Crippen LogP contribution in [0.4, 0.5) is 13.2 Å². The lowest BCUT2D eigenvalue weighted by molar-refractivity contribution is -0.135. The van der Waals surface area contributed by atoms with Gasteiger partial charge in [0.1, 0.15) is 4.90 Å². The van der Waals surface area contributed by atoms with Crippen LogP contribution in [-0.4, -0.2) is 42.8 Å². The molecule has 19 heavy (non-hydrogen) atoms. The Bertz CT molecular complexity index is 508. The zero-order chi connectivity index (χ0) is 14.7. The Hall–Kier alpha value is -1.09. The quantitative estimate of drug-likeness (QED) is 0.754. The van der Waals surface area contributed by atoms with Gasteiger partial charge in [-0.2, -0.15) is 18.3 Å². The largest absolute Gasteiger partial charge is 0.389 e. The van der Waals surface area contributed by atoms with Crippen LogP contribution in [0.5, 0.6) is 0 Å². The minimum atomic E-state index is -4.15. The van der Waals surface area contributed by atoms with Crippen molar-refractivity contribution in [3.8, 4) is 0 Å². The lowest BCUT2D eigenvalue weighted by Gasteiger charge is -2.08. The Morgan fingerprint density at radius 2 is 1.95 bits per heavy atom. The van der Waals surface area contributed by atoms with Gasteiger partial charge in [0.25, 0.3) is 0 Å². The van der Waals surface area contributed by atoms with Gasteiger partial charge in [0.15, 0.2) is 0 Å². The molecule has 0 saturated heterocycles. The van der Waals surface area contributed by atoms with Gasteiger partial charge in [0.2, 0.25) is 10.0 Å². The van der Waals surface area contributed by atoms with Gasteiger partial charge >= 0.3 is 6.18 Å². The van der Waals surface area contributed by atoms with Crippen molar-refractivity contribution in [1.29, 1.82) is 0 Å². The van der Waals surface area contributed by atoms with E-state index in [1.807, 2.05) is 0 Å². The lowest BCUT2D eigenvalue weighted by atomic mass is 10.2. The summed E-state index contributed by atoms with van der Waals surface area (Å²) < 4.78 is 61.6. The SMILES string of the molecule is CN(C)S(=O)(=O)c1cnn(CCCCC(F)(F)F)c1. The van der Waals surface area contributed by atoms with Crippen LogP contribution < -0.4 is 0 Å². The Morgan fingerprint density at radius 3 is 2.47 bits per heavy atom. The Morgan fingerprint density at radius 1 is 1.32 bits per heavy atom. The van der Waals surface area contributed by atoms with E-state index in [9.17, 15) is 21.6 Å². The van der Waals surface area contributed by atoms with Gasteiger partial charge in [-0.15, -0.1) is 0 Å². The molecule has 0 N–H and O–H groups in total. The molecule has 0 aliphatic carbocycles. The Balaban J connectivity index is 2.53. The van der Waals surface area contributed by atoms with E-state index in [1.165, 1.54) is 31.2 Å². The summed E-state index contributed by atoms with van der Waals surface area (Å²) in [4.78, 5) is 0.0355. The maximum atomic E-state index is 11.9. The van der Waals surface area contributed by atoms with Crippen LogP contribution in [0.15, 0.2) is 17.3 Å². The van der Waals surface area contributed by atoms with Crippen molar-refractivity contribution in [2.75, 3.05) is 14.1 Å². The van der Waals surface area contributed by atoms with E-state index in [1.54, 1.807) is 0 Å². The molecule has 110 valence electrons. The highest BCUT2D eigenvalue weighted by Crippen LogP contribution is 2.22. The highest BCUT2D eigenvalue weighted by molar-refractivity contribution is 7.89. The number of alkyl halides is 3. The van der Waals surface area contributed by atoms with Gasteiger partial charge in [0.05, 0.1) is 6.20 Å². The number of hydrogen-bond donors (Lipinski definition) is 0. The fourth-order valence-corrected chi connectivity index (χ4v) is 2.27. The summed E-state index contributed by atoms with van der Waals surface area (Å²) in [5, 5.41) is 3.83. The molecule has 0 unspecified atom stereocenters. The number of unbranched alkanes of at least 4 members (excludes halogenated alkanes) is 1. The first-order valence-electron chi connectivity index (χ1n) is 5.64. The monoisotopic (exact) mass is 299 g/mol. The molecule has 0 spiro atoms. The van der Waals surface area contributed by atoms with Crippen molar-refractivity contribution in [2.45, 2.75) is 36.9 Å². The molecule has 0 atom stereocenters. The highest BCUT2D eigenvalue weighted by atomic mass is 32.2. The maximum Gasteiger partial charge on any atom is 0.389 e. The molecule has 0 aliphatic rings. The van der Waals surface area contributed by atoms with Crippen molar-refractivity contribution in [1.82, 2.24) is 14.1 Å². The fourth-order valence-electron chi connectivity index (χ4n) is 1.41. The van der Waals surface area contributed by atoms with Crippen LogP contribution in [0.25, 0.3) is 0 Å². The number of aryl methyl sites for hydroxylation is 1. The molecule has 1 aromatic rings. The minimum Gasteiger partial charge on any atom is -0.271 e. The van der Waals surface area contributed by atoms with Crippen molar-refractivity contribution in [3.63, 3.8) is 0 Å². The van der Waals surface area contributed by atoms with E-state index in [0.29, 0.717) is 6.42 Å². The molecule has 0 fully saturated rings. The van der Waals surface area contributed by atoms with Crippen LogP contribution >= 0.6 is 0 Å². The van der Waals surface area contributed by atoms with Crippen molar-refractivity contribution >= 4 is 10.0 Å². The molecule has 0 saturated carbocycles. The number of aromatic nitrogens is 2. The third-order valence-corrected chi connectivity index (χ3v) is 4.25. The smallest absolute Gasteiger partial charge is 0.271 e. The topological polar surface area (TPSA) is 55.2 Å². The van der Waals surface area contributed by atoms with Gasteiger partial charge in [-0.1, -0.05) is 0 Å². The van der Waals surface area contributed by atoms with E-state index >= 15 is 0 Å². The van der Waals surface area contributed by atoms with E-state index in [0.717, 1.165) is 4.31 Å². The second kappa shape index (κ2) is 5.91. The highest BCUT2D eigenvalue weighted by Gasteiger charge is 2.26. The summed E-state index contributed by atoms with van der Waals surface area (Å²) in [6.45, 7) is 0.263. The third kappa shape index (κ3) is 4.83. The Labute approximate surface area is 110 Å². The summed E-state index contributed by atoms with van der Waals surface area (Å²) in [5.74, 6) is 0. The third-order valence-electron chi connectivity index (χ3n) is 2.49. The van der Waals surface area contributed by atoms with Crippen LogP contribution in [0.2, 0.25) is 0 Å². The van der Waals surface area contributed by atoms with Crippen molar-refractivity contribution < 1.29 is 21.6 Å². The van der Waals surface area contributed by atoms with Gasteiger partial charge in [-0.3, -0.25) is 4.68 Å². The van der Waals surface area contributed by atoms with E-state index in [-0.39, 0.29) is 17.9 Å². The lowest BCUT2D eigenvalue weighted by Crippen LogP contribution is -2.21. The number of sulfonamides is 1.